The number of hydrogen-bond acceptors (Lipinski definition) is 2. The summed E-state index contributed by atoms with van der Waals surface area (Å²) in [6.07, 6.45) is -2.20. The molecule has 1 aromatic rings. The number of methoxy groups -OCH3 is 1. The summed E-state index contributed by atoms with van der Waals surface area (Å²) in [4.78, 5) is 0. The molecular weight excluding hydrogens is 267 g/mol. The number of nitrogens with one attached hydrogen (secondary N) is 1. The van der Waals surface area contributed by atoms with Gasteiger partial charge in [0.2, 0.25) is 0 Å². The van der Waals surface area contributed by atoms with Gasteiger partial charge in [0.25, 0.3) is 0 Å². The molecule has 2 fully saturated rings. The highest BCUT2D eigenvalue weighted by atomic mass is 19.4. The monoisotopic (exact) mass is 285 g/mol. The number of alkyl halides is 3. The van der Waals surface area contributed by atoms with Gasteiger partial charge in [0.15, 0.2) is 0 Å². The SMILES string of the molecule is COc1ccccc1C1CC(NC2(C(F)(F)F)CC2)C1. The second kappa shape index (κ2) is 4.65. The van der Waals surface area contributed by atoms with Gasteiger partial charge in [-0.3, -0.25) is 0 Å². The van der Waals surface area contributed by atoms with Crippen molar-refractivity contribution in [3.8, 4) is 5.75 Å². The minimum Gasteiger partial charge on any atom is -0.496 e. The lowest BCUT2D eigenvalue weighted by Gasteiger charge is -2.39. The molecule has 1 aromatic carbocycles. The van der Waals surface area contributed by atoms with E-state index >= 15 is 0 Å². The van der Waals surface area contributed by atoms with Gasteiger partial charge in [-0.1, -0.05) is 18.2 Å². The predicted molar refractivity (Wildman–Crippen MR) is 69.9 cm³/mol. The largest absolute Gasteiger partial charge is 0.496 e. The molecular formula is C15H18F3NO. The average Bonchev–Trinajstić information content (AvgIpc) is 3.14. The maximum absolute atomic E-state index is 12.9. The van der Waals surface area contributed by atoms with Crippen LogP contribution in [-0.2, 0) is 0 Å². The van der Waals surface area contributed by atoms with Crippen LogP contribution >= 0.6 is 0 Å². The summed E-state index contributed by atoms with van der Waals surface area (Å²) >= 11 is 0. The van der Waals surface area contributed by atoms with Crippen LogP contribution in [0.15, 0.2) is 24.3 Å². The van der Waals surface area contributed by atoms with E-state index < -0.39 is 11.7 Å². The van der Waals surface area contributed by atoms with Crippen molar-refractivity contribution in [2.24, 2.45) is 0 Å². The summed E-state index contributed by atoms with van der Waals surface area (Å²) < 4.78 is 43.9. The highest BCUT2D eigenvalue weighted by molar-refractivity contribution is 5.38. The molecule has 3 rings (SSSR count). The number of para-hydroxylation sites is 1. The third-order valence-corrected chi connectivity index (χ3v) is 4.49. The molecule has 0 spiro atoms. The number of hydrogen-bond donors (Lipinski definition) is 1. The average molecular weight is 285 g/mol. The van der Waals surface area contributed by atoms with Gasteiger partial charge in [0.05, 0.1) is 7.11 Å². The molecule has 2 saturated carbocycles. The Kier molecular flexibility index (Phi) is 3.20. The van der Waals surface area contributed by atoms with Crippen molar-refractivity contribution in [2.45, 2.75) is 49.4 Å². The standard InChI is InChI=1S/C15H18F3NO/c1-20-13-5-3-2-4-12(13)10-8-11(9-10)19-14(6-7-14)15(16,17)18/h2-5,10-11,19H,6-9H2,1H3. The predicted octanol–water partition coefficient (Wildman–Crippen LogP) is 3.63. The van der Waals surface area contributed by atoms with Crippen molar-refractivity contribution in [3.63, 3.8) is 0 Å². The van der Waals surface area contributed by atoms with E-state index in [1.165, 1.54) is 0 Å². The van der Waals surface area contributed by atoms with Crippen LogP contribution in [0.1, 0.15) is 37.2 Å². The van der Waals surface area contributed by atoms with Crippen LogP contribution in [0, 0.1) is 0 Å². The van der Waals surface area contributed by atoms with Crippen LogP contribution in [0.4, 0.5) is 13.2 Å². The Morgan fingerprint density at radius 3 is 2.40 bits per heavy atom. The molecule has 20 heavy (non-hydrogen) atoms. The minimum atomic E-state index is -4.12. The third-order valence-electron chi connectivity index (χ3n) is 4.49. The Morgan fingerprint density at radius 1 is 1.20 bits per heavy atom. The van der Waals surface area contributed by atoms with E-state index in [-0.39, 0.29) is 18.9 Å². The van der Waals surface area contributed by atoms with Crippen molar-refractivity contribution >= 4 is 0 Å². The first-order chi connectivity index (χ1) is 9.45. The fraction of sp³-hybridized carbons (Fsp3) is 0.600. The molecule has 1 N–H and O–H groups in total. The molecule has 0 saturated heterocycles. The minimum absolute atomic E-state index is 0.0333. The zero-order valence-electron chi connectivity index (χ0n) is 11.3. The highest BCUT2D eigenvalue weighted by Gasteiger charge is 2.64. The Labute approximate surface area is 116 Å². The summed E-state index contributed by atoms with van der Waals surface area (Å²) in [6, 6.07) is 7.70. The van der Waals surface area contributed by atoms with E-state index in [0.717, 1.165) is 24.2 Å². The van der Waals surface area contributed by atoms with Crippen molar-refractivity contribution in [2.75, 3.05) is 7.11 Å². The molecule has 0 aromatic heterocycles. The van der Waals surface area contributed by atoms with E-state index in [4.69, 9.17) is 4.74 Å². The van der Waals surface area contributed by atoms with Crippen molar-refractivity contribution < 1.29 is 17.9 Å². The van der Waals surface area contributed by atoms with Gasteiger partial charge in [0, 0.05) is 6.04 Å². The van der Waals surface area contributed by atoms with Crippen molar-refractivity contribution in [1.29, 1.82) is 0 Å². The summed E-state index contributed by atoms with van der Waals surface area (Å²) in [6.45, 7) is 0. The van der Waals surface area contributed by atoms with E-state index in [1.807, 2.05) is 24.3 Å². The fourth-order valence-electron chi connectivity index (χ4n) is 3.02. The number of benzene rings is 1. The fourth-order valence-corrected chi connectivity index (χ4v) is 3.02. The van der Waals surface area contributed by atoms with Crippen molar-refractivity contribution in [3.05, 3.63) is 29.8 Å². The maximum Gasteiger partial charge on any atom is 0.406 e. The molecule has 2 nitrogen and oxygen atoms in total. The number of rotatable bonds is 4. The molecule has 0 heterocycles. The first-order valence-corrected chi connectivity index (χ1v) is 6.92. The van der Waals surface area contributed by atoms with Crippen LogP contribution in [-0.4, -0.2) is 24.9 Å². The second-order valence-electron chi connectivity index (χ2n) is 5.83. The first-order valence-electron chi connectivity index (χ1n) is 6.92. The number of ether oxygens (including phenoxy) is 1. The molecule has 0 unspecified atom stereocenters. The smallest absolute Gasteiger partial charge is 0.406 e. The van der Waals surface area contributed by atoms with E-state index in [9.17, 15) is 13.2 Å². The maximum atomic E-state index is 12.9. The van der Waals surface area contributed by atoms with Gasteiger partial charge < -0.3 is 10.1 Å². The molecule has 0 amide bonds. The highest BCUT2D eigenvalue weighted by Crippen LogP contribution is 2.51. The molecule has 0 atom stereocenters. The van der Waals surface area contributed by atoms with Crippen LogP contribution in [0.2, 0.25) is 0 Å². The van der Waals surface area contributed by atoms with Gasteiger partial charge in [0.1, 0.15) is 11.3 Å². The summed E-state index contributed by atoms with van der Waals surface area (Å²) in [5, 5.41) is 2.82. The van der Waals surface area contributed by atoms with E-state index in [1.54, 1.807) is 7.11 Å². The van der Waals surface area contributed by atoms with Gasteiger partial charge in [-0.2, -0.15) is 13.2 Å². The third kappa shape index (κ3) is 2.28. The summed E-state index contributed by atoms with van der Waals surface area (Å²) in [5.41, 5.74) is -0.492. The van der Waals surface area contributed by atoms with Gasteiger partial charge in [-0.05, 0) is 43.2 Å². The van der Waals surface area contributed by atoms with Gasteiger partial charge in [-0.25, -0.2) is 0 Å². The van der Waals surface area contributed by atoms with E-state index in [0.29, 0.717) is 5.92 Å². The molecule has 0 bridgehead atoms. The van der Waals surface area contributed by atoms with Crippen LogP contribution in [0.25, 0.3) is 0 Å². The molecule has 2 aliphatic carbocycles. The van der Waals surface area contributed by atoms with E-state index in [2.05, 4.69) is 5.32 Å². The molecule has 5 heteroatoms. The second-order valence-corrected chi connectivity index (χ2v) is 5.83. The summed E-state index contributed by atoms with van der Waals surface area (Å²) in [7, 11) is 1.62. The molecule has 2 aliphatic rings. The lowest BCUT2D eigenvalue weighted by atomic mass is 9.75. The Morgan fingerprint density at radius 2 is 1.85 bits per heavy atom. The Hall–Kier alpha value is -1.23. The van der Waals surface area contributed by atoms with Gasteiger partial charge in [-0.15, -0.1) is 0 Å². The molecule has 0 radical (unpaired) electrons. The zero-order valence-corrected chi connectivity index (χ0v) is 11.3. The Balaban J connectivity index is 1.60. The van der Waals surface area contributed by atoms with Crippen LogP contribution in [0.3, 0.4) is 0 Å². The van der Waals surface area contributed by atoms with Gasteiger partial charge >= 0.3 is 6.18 Å². The van der Waals surface area contributed by atoms with Crippen LogP contribution in [0.5, 0.6) is 5.75 Å². The lowest BCUT2D eigenvalue weighted by molar-refractivity contribution is -0.169. The zero-order chi connectivity index (χ0) is 14.4. The topological polar surface area (TPSA) is 21.3 Å². The number of halogens is 3. The normalized spacial score (nSPS) is 27.8. The Bertz CT molecular complexity index is 490. The summed E-state index contributed by atoms with van der Waals surface area (Å²) in [5.74, 6) is 1.13. The molecule has 110 valence electrons. The lowest BCUT2D eigenvalue weighted by Crippen LogP contribution is -2.53. The quantitative estimate of drug-likeness (QED) is 0.912. The molecule has 0 aliphatic heterocycles. The van der Waals surface area contributed by atoms with Crippen molar-refractivity contribution in [1.82, 2.24) is 5.32 Å². The first kappa shape index (κ1) is 13.7. The van der Waals surface area contributed by atoms with Crippen LogP contribution < -0.4 is 10.1 Å².